The van der Waals surface area contributed by atoms with E-state index in [4.69, 9.17) is 14.7 Å². The number of anilines is 1. The number of ether oxygens (including phenoxy) is 2. The van der Waals surface area contributed by atoms with E-state index in [0.717, 1.165) is 22.9 Å². The van der Waals surface area contributed by atoms with Crippen molar-refractivity contribution in [1.82, 2.24) is 5.48 Å². The molecule has 0 spiro atoms. The number of fused-ring (bicyclic) bond motifs is 1. The van der Waals surface area contributed by atoms with Crippen molar-refractivity contribution in [3.63, 3.8) is 0 Å². The van der Waals surface area contributed by atoms with Gasteiger partial charge in [0.15, 0.2) is 17.7 Å². The molecule has 2 amide bonds. The molecule has 8 nitrogen and oxygen atoms in total. The summed E-state index contributed by atoms with van der Waals surface area (Å²) in [4.78, 5) is 24.0. The normalized spacial score (nSPS) is 12.9. The van der Waals surface area contributed by atoms with Crippen LogP contribution in [0.5, 0.6) is 5.75 Å². The highest BCUT2D eigenvalue weighted by atomic mass is 19.1. The summed E-state index contributed by atoms with van der Waals surface area (Å²) in [6, 6.07) is 16.7. The maximum Gasteiger partial charge on any atom is 0.412 e. The average molecular weight is 468 g/mol. The molecule has 0 unspecified atom stereocenters. The molecule has 0 saturated heterocycles. The number of nitrogens with one attached hydrogen (secondary N) is 2. The standard InChI is InChI=1S/C25H25FN2O6/c1-33-22(11-4-5-12-23(30)28-32)24(17-13-14-21(29)19(26)15-17)34-25(31)27-20-10-6-8-16-7-2-3-9-18(16)20/h2-3,5-10,12-15,22,24,29,32H,4,11H2,1H3,(H,27,31)(H,28,30)/b12-5+/t22-,24-/m0/s1. The Balaban J connectivity index is 1.82. The summed E-state index contributed by atoms with van der Waals surface area (Å²) in [5.74, 6) is -2.08. The van der Waals surface area contributed by atoms with E-state index in [1.165, 1.54) is 30.8 Å². The fourth-order valence-electron chi connectivity index (χ4n) is 3.53. The molecule has 0 aromatic heterocycles. The van der Waals surface area contributed by atoms with Crippen LogP contribution in [0.1, 0.15) is 24.5 Å². The van der Waals surface area contributed by atoms with Gasteiger partial charge in [-0.1, -0.05) is 48.5 Å². The lowest BCUT2D eigenvalue weighted by Crippen LogP contribution is -2.28. The molecule has 0 saturated carbocycles. The van der Waals surface area contributed by atoms with Gasteiger partial charge in [-0.05, 0) is 42.0 Å². The van der Waals surface area contributed by atoms with E-state index in [1.54, 1.807) is 12.1 Å². The van der Waals surface area contributed by atoms with Gasteiger partial charge in [-0.3, -0.25) is 15.3 Å². The van der Waals surface area contributed by atoms with Crippen LogP contribution >= 0.6 is 0 Å². The highest BCUT2D eigenvalue weighted by Crippen LogP contribution is 2.30. The Morgan fingerprint density at radius 3 is 2.62 bits per heavy atom. The minimum atomic E-state index is -1.02. The molecular formula is C25H25FN2O6. The Hall–Kier alpha value is -3.95. The van der Waals surface area contributed by atoms with Crippen molar-refractivity contribution < 1.29 is 33.8 Å². The molecule has 0 heterocycles. The van der Waals surface area contributed by atoms with E-state index in [1.807, 2.05) is 30.3 Å². The highest BCUT2D eigenvalue weighted by molar-refractivity contribution is 6.00. The number of phenols is 1. The van der Waals surface area contributed by atoms with Crippen LogP contribution in [-0.2, 0) is 14.3 Å². The van der Waals surface area contributed by atoms with E-state index >= 15 is 0 Å². The number of hydrogen-bond acceptors (Lipinski definition) is 6. The van der Waals surface area contributed by atoms with E-state index in [9.17, 15) is 19.1 Å². The summed E-state index contributed by atoms with van der Waals surface area (Å²) in [6.45, 7) is 0. The first-order valence-corrected chi connectivity index (χ1v) is 10.5. The first-order chi connectivity index (χ1) is 16.4. The van der Waals surface area contributed by atoms with Crippen molar-refractivity contribution in [3.05, 3.63) is 84.2 Å². The summed E-state index contributed by atoms with van der Waals surface area (Å²) in [7, 11) is 1.42. The third-order valence-corrected chi connectivity index (χ3v) is 5.20. The molecule has 34 heavy (non-hydrogen) atoms. The lowest BCUT2D eigenvalue weighted by Gasteiger charge is -2.26. The molecule has 0 aliphatic heterocycles. The van der Waals surface area contributed by atoms with Gasteiger partial charge in [0.05, 0.1) is 11.8 Å². The molecule has 4 N–H and O–H groups in total. The molecule has 0 fully saturated rings. The van der Waals surface area contributed by atoms with E-state index in [0.29, 0.717) is 18.5 Å². The number of carbonyl (C=O) groups is 2. The van der Waals surface area contributed by atoms with Gasteiger partial charge in [0.25, 0.3) is 5.91 Å². The van der Waals surface area contributed by atoms with Gasteiger partial charge in [-0.2, -0.15) is 0 Å². The van der Waals surface area contributed by atoms with Crippen molar-refractivity contribution in [2.45, 2.75) is 25.0 Å². The summed E-state index contributed by atoms with van der Waals surface area (Å²) in [6.07, 6.45) is 0.821. The molecule has 9 heteroatoms. The molecule has 3 aromatic carbocycles. The third kappa shape index (κ3) is 6.31. The molecule has 0 aliphatic rings. The second-order valence-corrected chi connectivity index (χ2v) is 7.42. The number of aromatic hydroxyl groups is 1. The molecule has 0 radical (unpaired) electrons. The smallest absolute Gasteiger partial charge is 0.412 e. The third-order valence-electron chi connectivity index (χ3n) is 5.20. The quantitative estimate of drug-likeness (QED) is 0.203. The van der Waals surface area contributed by atoms with Crippen molar-refractivity contribution in [2.24, 2.45) is 0 Å². The Bertz CT molecular complexity index is 1180. The van der Waals surface area contributed by atoms with Crippen LogP contribution in [-0.4, -0.2) is 35.5 Å². The van der Waals surface area contributed by atoms with Crippen LogP contribution < -0.4 is 10.8 Å². The summed E-state index contributed by atoms with van der Waals surface area (Å²) in [5.41, 5.74) is 2.32. The number of phenolic OH excluding ortho intramolecular Hbond substituents is 1. The SMILES string of the molecule is CO[C@@H](CC/C=C/C(=O)NO)[C@@H](OC(=O)Nc1cccc2ccccc12)c1ccc(O)c(F)c1. The molecule has 3 rings (SSSR count). The highest BCUT2D eigenvalue weighted by Gasteiger charge is 2.28. The zero-order chi connectivity index (χ0) is 24.5. The second kappa shape index (κ2) is 11.8. The number of carbonyl (C=O) groups excluding carboxylic acids is 2. The Kier molecular flexibility index (Phi) is 8.55. The molecular weight excluding hydrogens is 443 g/mol. The number of rotatable bonds is 9. The number of halogens is 1. The predicted molar refractivity (Wildman–Crippen MR) is 124 cm³/mol. The number of amides is 2. The molecule has 178 valence electrons. The Morgan fingerprint density at radius 1 is 1.12 bits per heavy atom. The first kappa shape index (κ1) is 24.7. The van der Waals surface area contributed by atoms with Gasteiger partial charge >= 0.3 is 6.09 Å². The van der Waals surface area contributed by atoms with Gasteiger partial charge in [-0.25, -0.2) is 14.7 Å². The first-order valence-electron chi connectivity index (χ1n) is 10.5. The van der Waals surface area contributed by atoms with Crippen LogP contribution in [0.3, 0.4) is 0 Å². The topological polar surface area (TPSA) is 117 Å². The Morgan fingerprint density at radius 2 is 1.88 bits per heavy atom. The molecule has 3 aromatic rings. The van der Waals surface area contributed by atoms with E-state index in [2.05, 4.69) is 5.32 Å². The zero-order valence-electron chi connectivity index (χ0n) is 18.4. The number of hydrogen-bond donors (Lipinski definition) is 4. The van der Waals surface area contributed by atoms with E-state index in [-0.39, 0.29) is 5.56 Å². The number of methoxy groups -OCH3 is 1. The van der Waals surface area contributed by atoms with Gasteiger partial charge < -0.3 is 14.6 Å². The van der Waals surface area contributed by atoms with Gasteiger partial charge in [0, 0.05) is 18.6 Å². The average Bonchev–Trinajstić information content (AvgIpc) is 2.85. The molecule has 0 bridgehead atoms. The van der Waals surface area contributed by atoms with Crippen LogP contribution in [0.25, 0.3) is 10.8 Å². The lowest BCUT2D eigenvalue weighted by atomic mass is 10.00. The fraction of sp³-hybridized carbons (Fsp3) is 0.200. The maximum atomic E-state index is 14.1. The van der Waals surface area contributed by atoms with Crippen molar-refractivity contribution in [2.75, 3.05) is 12.4 Å². The van der Waals surface area contributed by atoms with Crippen LogP contribution in [0.15, 0.2) is 72.8 Å². The number of allylic oxidation sites excluding steroid dienone is 1. The van der Waals surface area contributed by atoms with Crippen LogP contribution in [0, 0.1) is 5.82 Å². The minimum absolute atomic E-state index is 0.285. The summed E-state index contributed by atoms with van der Waals surface area (Å²) in [5, 5.41) is 22.6. The molecule has 2 atom stereocenters. The number of benzene rings is 3. The minimum Gasteiger partial charge on any atom is -0.505 e. The largest absolute Gasteiger partial charge is 0.505 e. The number of hydroxylamine groups is 1. The maximum absolute atomic E-state index is 14.1. The fourth-order valence-corrected chi connectivity index (χ4v) is 3.53. The van der Waals surface area contributed by atoms with Gasteiger partial charge in [0.2, 0.25) is 0 Å². The monoisotopic (exact) mass is 468 g/mol. The van der Waals surface area contributed by atoms with Crippen molar-refractivity contribution in [1.29, 1.82) is 0 Å². The van der Waals surface area contributed by atoms with Crippen LogP contribution in [0.2, 0.25) is 0 Å². The van der Waals surface area contributed by atoms with E-state index < -0.39 is 35.8 Å². The summed E-state index contributed by atoms with van der Waals surface area (Å²) >= 11 is 0. The lowest BCUT2D eigenvalue weighted by molar-refractivity contribution is -0.124. The van der Waals surface area contributed by atoms with Gasteiger partial charge in [-0.15, -0.1) is 0 Å². The molecule has 0 aliphatic carbocycles. The van der Waals surface area contributed by atoms with Crippen molar-refractivity contribution >= 4 is 28.5 Å². The predicted octanol–water partition coefficient (Wildman–Crippen LogP) is 4.83. The zero-order valence-corrected chi connectivity index (χ0v) is 18.4. The second-order valence-electron chi connectivity index (χ2n) is 7.42. The Labute approximate surface area is 195 Å². The summed E-state index contributed by atoms with van der Waals surface area (Å²) < 4.78 is 25.3. The van der Waals surface area contributed by atoms with Crippen molar-refractivity contribution in [3.8, 4) is 5.75 Å². The van der Waals surface area contributed by atoms with Gasteiger partial charge in [0.1, 0.15) is 0 Å². The van der Waals surface area contributed by atoms with Crippen LogP contribution in [0.4, 0.5) is 14.9 Å².